The number of para-hydroxylation sites is 2. The van der Waals surface area contributed by atoms with Gasteiger partial charge in [-0.1, -0.05) is 121 Å². The summed E-state index contributed by atoms with van der Waals surface area (Å²) in [6.07, 6.45) is 0. The van der Waals surface area contributed by atoms with Gasteiger partial charge in [0.2, 0.25) is 0 Å². The molecule has 0 bridgehead atoms. The molecule has 5 nitrogen and oxygen atoms in total. The molecule has 2 aromatic heterocycles. The fourth-order valence-corrected chi connectivity index (χ4v) is 7.55. The molecule has 0 radical (unpaired) electrons. The first-order chi connectivity index (χ1) is 23.6. The van der Waals surface area contributed by atoms with E-state index in [1.54, 1.807) is 0 Å². The van der Waals surface area contributed by atoms with E-state index in [4.69, 9.17) is 21.3 Å². The minimum atomic E-state index is -3.12. The zero-order chi connectivity index (χ0) is 32.5. The van der Waals surface area contributed by atoms with Crippen LogP contribution in [0.4, 0.5) is 0 Å². The van der Waals surface area contributed by atoms with Crippen molar-refractivity contribution in [3.05, 3.63) is 163 Å². The molecule has 0 aliphatic rings. The summed E-state index contributed by atoms with van der Waals surface area (Å²) in [5.41, 5.74) is 7.34. The van der Waals surface area contributed by atoms with E-state index in [1.165, 1.54) is 0 Å². The Morgan fingerprint density at radius 3 is 1.58 bits per heavy atom. The van der Waals surface area contributed by atoms with Crippen LogP contribution in [-0.4, -0.2) is 25.1 Å². The Bertz CT molecular complexity index is 2330. The van der Waals surface area contributed by atoms with Crippen molar-refractivity contribution in [1.82, 2.24) is 9.97 Å². The van der Waals surface area contributed by atoms with Gasteiger partial charge in [-0.3, -0.25) is 0 Å². The lowest BCUT2D eigenvalue weighted by Gasteiger charge is -2.23. The summed E-state index contributed by atoms with van der Waals surface area (Å²) in [6, 6.07) is 51.4. The molecule has 2 heterocycles. The van der Waals surface area contributed by atoms with Crippen LogP contribution in [0.1, 0.15) is 11.4 Å². The molecule has 0 saturated carbocycles. The van der Waals surface area contributed by atoms with Crippen molar-refractivity contribution in [1.29, 1.82) is 0 Å². The molecule has 0 unspecified atom stereocenters. The molecule has 8 aromatic rings. The van der Waals surface area contributed by atoms with Crippen LogP contribution in [0, 0.1) is 13.8 Å². The first kappa shape index (κ1) is 29.7. The summed E-state index contributed by atoms with van der Waals surface area (Å²) in [4.78, 5) is 9.70. The van der Waals surface area contributed by atoms with Gasteiger partial charge in [-0.15, -0.1) is 0 Å². The van der Waals surface area contributed by atoms with Crippen molar-refractivity contribution in [2.24, 2.45) is 0 Å². The Kier molecular flexibility index (Phi) is 7.96. The average molecular weight is 639 g/mol. The first-order valence-electron chi connectivity index (χ1n) is 16.0. The van der Waals surface area contributed by atoms with Crippen molar-refractivity contribution in [3.63, 3.8) is 0 Å². The molecule has 230 valence electrons. The molecule has 0 aliphatic carbocycles. The van der Waals surface area contributed by atoms with E-state index in [0.717, 1.165) is 66.2 Å². The van der Waals surface area contributed by atoms with E-state index in [9.17, 15) is 0 Å². The zero-order valence-corrected chi connectivity index (χ0v) is 27.8. The van der Waals surface area contributed by atoms with Crippen molar-refractivity contribution in [2.75, 3.05) is 0 Å². The summed E-state index contributed by atoms with van der Waals surface area (Å²) in [5, 5.41) is 4.16. The van der Waals surface area contributed by atoms with Crippen LogP contribution < -0.4 is 11.4 Å². The van der Waals surface area contributed by atoms with E-state index >= 15 is 0 Å². The molecule has 0 spiro atoms. The highest BCUT2D eigenvalue weighted by atomic mass is 27.3. The average Bonchev–Trinajstić information content (AvgIpc) is 3.12. The van der Waals surface area contributed by atoms with Gasteiger partial charge < -0.3 is 11.4 Å². The number of hydrogen-bond donors (Lipinski definition) is 0. The highest BCUT2D eigenvalue weighted by Gasteiger charge is 2.46. The molecule has 0 N–H and O–H groups in total. The van der Waals surface area contributed by atoms with E-state index in [0.29, 0.717) is 17.2 Å². The van der Waals surface area contributed by atoms with Crippen molar-refractivity contribution >= 4 is 47.7 Å². The van der Waals surface area contributed by atoms with E-state index in [-0.39, 0.29) is 0 Å². The summed E-state index contributed by atoms with van der Waals surface area (Å²) in [6.45, 7) is 3.96. The van der Waals surface area contributed by atoms with Crippen LogP contribution in [0.3, 0.4) is 0 Å². The Labute approximate surface area is 284 Å². The van der Waals surface area contributed by atoms with E-state index < -0.39 is 15.1 Å². The molecule has 0 saturated heterocycles. The second-order valence-electron chi connectivity index (χ2n) is 11.8. The maximum Gasteiger partial charge on any atom is 1.20 e. The number of pyridine rings is 2. The molecule has 0 fully saturated rings. The number of nitrogens with zero attached hydrogens (tertiary/aromatic N) is 2. The quantitative estimate of drug-likeness (QED) is 0.155. The summed E-state index contributed by atoms with van der Waals surface area (Å²) < 4.78 is 20.9. The largest absolute Gasteiger partial charge is 1.20 e. The standard InChI is InChI=1S/C22H16O.2C10H9NO.Al/c23-22-20(16-9-3-1-4-10-16)15-18-13-7-8-14-19(18)21(22)17-11-5-2-6-12-17;2*1-7-5-6-8-3-2-4-9(12)10(8)11-7;/h1-15,23H;2*2-6,12H,1H3;/q;;;+3/p-3. The SMILES string of the molecule is Cc1ccc2cccc([O][Al]([O]c3c(-c4ccccc4)cc4ccccc4c3-c3ccccc3)[O]c3cccc4ccc(C)nc34)c2n1. The summed E-state index contributed by atoms with van der Waals surface area (Å²) in [5.74, 6) is 1.93. The lowest BCUT2D eigenvalue weighted by Crippen LogP contribution is -2.37. The zero-order valence-electron chi connectivity index (χ0n) is 26.6. The van der Waals surface area contributed by atoms with Crippen LogP contribution in [0.5, 0.6) is 17.2 Å². The molecule has 6 heteroatoms. The minimum absolute atomic E-state index is 0.612. The van der Waals surface area contributed by atoms with E-state index in [1.807, 2.05) is 86.6 Å². The predicted molar refractivity (Wildman–Crippen MR) is 195 cm³/mol. The van der Waals surface area contributed by atoms with Gasteiger partial charge in [0.1, 0.15) is 28.3 Å². The lowest BCUT2D eigenvalue weighted by atomic mass is 9.91. The van der Waals surface area contributed by atoms with Gasteiger partial charge in [0.25, 0.3) is 0 Å². The Morgan fingerprint density at radius 2 is 0.979 bits per heavy atom. The fraction of sp³-hybridized carbons (Fsp3) is 0.0476. The second kappa shape index (κ2) is 12.9. The number of fused-ring (bicyclic) bond motifs is 3. The number of hydrogen-bond acceptors (Lipinski definition) is 5. The Hall–Kier alpha value is -5.67. The maximum absolute atomic E-state index is 7.20. The minimum Gasteiger partial charge on any atom is -0.576 e. The Balaban J connectivity index is 1.35. The third-order valence-corrected chi connectivity index (χ3v) is 9.78. The fourth-order valence-electron chi connectivity index (χ4n) is 6.18. The molecule has 0 atom stereocenters. The monoisotopic (exact) mass is 638 g/mol. The third kappa shape index (κ3) is 5.84. The van der Waals surface area contributed by atoms with Crippen molar-refractivity contribution in [3.8, 4) is 39.5 Å². The van der Waals surface area contributed by atoms with Crippen LogP contribution in [-0.2, 0) is 0 Å². The van der Waals surface area contributed by atoms with Gasteiger partial charge >= 0.3 is 15.1 Å². The Morgan fingerprint density at radius 1 is 0.458 bits per heavy atom. The molecule has 8 rings (SSSR count). The van der Waals surface area contributed by atoms with Gasteiger partial charge in [0.05, 0.1) is 0 Å². The summed E-state index contributed by atoms with van der Waals surface area (Å²) in [7, 11) is 0. The topological polar surface area (TPSA) is 53.5 Å². The van der Waals surface area contributed by atoms with Crippen molar-refractivity contribution < 1.29 is 11.4 Å². The first-order valence-corrected chi connectivity index (χ1v) is 17.4. The van der Waals surface area contributed by atoms with Crippen LogP contribution in [0.15, 0.2) is 152 Å². The summed E-state index contributed by atoms with van der Waals surface area (Å²) >= 11 is -3.12. The third-order valence-electron chi connectivity index (χ3n) is 8.45. The molecule has 0 aliphatic heterocycles. The van der Waals surface area contributed by atoms with Gasteiger partial charge in [-0.2, -0.15) is 0 Å². The number of aryl methyl sites for hydroxylation is 2. The van der Waals surface area contributed by atoms with Crippen LogP contribution in [0.25, 0.3) is 54.8 Å². The highest BCUT2D eigenvalue weighted by molar-refractivity contribution is 6.40. The van der Waals surface area contributed by atoms with Gasteiger partial charge in [0.15, 0.2) is 0 Å². The van der Waals surface area contributed by atoms with Crippen LogP contribution in [0.2, 0.25) is 0 Å². The maximum atomic E-state index is 7.20. The molecule has 6 aromatic carbocycles. The molecular formula is C42H31AlN2O3. The van der Waals surface area contributed by atoms with Gasteiger partial charge in [-0.05, 0) is 66.1 Å². The van der Waals surface area contributed by atoms with Gasteiger partial charge in [-0.25, -0.2) is 9.97 Å². The van der Waals surface area contributed by atoms with E-state index in [2.05, 4.69) is 78.9 Å². The normalized spacial score (nSPS) is 11.1. The number of rotatable bonds is 8. The van der Waals surface area contributed by atoms with Gasteiger partial charge in [0, 0.05) is 33.3 Å². The lowest BCUT2D eigenvalue weighted by molar-refractivity contribution is 0.311. The molecular weight excluding hydrogens is 607 g/mol. The predicted octanol–water partition coefficient (Wildman–Crippen LogP) is 10.4. The number of aromatic nitrogens is 2. The van der Waals surface area contributed by atoms with Crippen LogP contribution >= 0.6 is 0 Å². The van der Waals surface area contributed by atoms with Crippen molar-refractivity contribution in [2.45, 2.75) is 13.8 Å². The molecule has 48 heavy (non-hydrogen) atoms. The molecule has 0 amide bonds. The highest BCUT2D eigenvalue weighted by Crippen LogP contribution is 2.45. The smallest absolute Gasteiger partial charge is 0.576 e. The second-order valence-corrected chi connectivity index (χ2v) is 13.1. The number of benzene rings is 6.